The van der Waals surface area contributed by atoms with Crippen LogP contribution in [-0.4, -0.2) is 52.4 Å². The Kier molecular flexibility index (Phi) is 5.50. The Hall–Kier alpha value is -4.18. The Bertz CT molecular complexity index is 1490. The third-order valence-corrected chi connectivity index (χ3v) is 5.91. The van der Waals surface area contributed by atoms with Crippen LogP contribution in [0.25, 0.3) is 28.2 Å². The number of hydrogen-bond donors (Lipinski definition) is 2. The van der Waals surface area contributed by atoms with Crippen molar-refractivity contribution in [2.24, 2.45) is 0 Å². The van der Waals surface area contributed by atoms with Gasteiger partial charge in [0.2, 0.25) is 5.82 Å². The van der Waals surface area contributed by atoms with Gasteiger partial charge in [-0.2, -0.15) is 10.2 Å². The van der Waals surface area contributed by atoms with Gasteiger partial charge in [-0.25, -0.2) is 4.79 Å². The summed E-state index contributed by atoms with van der Waals surface area (Å²) in [6.45, 7) is 4.58. The first-order valence-corrected chi connectivity index (χ1v) is 10.9. The van der Waals surface area contributed by atoms with Crippen LogP contribution in [0.4, 0.5) is 0 Å². The fraction of sp³-hybridized carbons (Fsp3) is 0.174. The molecule has 0 radical (unpaired) electrons. The number of imidazole rings is 1. The summed E-state index contributed by atoms with van der Waals surface area (Å²) in [4.78, 5) is 16.3. The summed E-state index contributed by atoms with van der Waals surface area (Å²) in [7, 11) is 0. The number of aromatic nitrogens is 7. The van der Waals surface area contributed by atoms with E-state index in [0.717, 1.165) is 16.9 Å². The number of benzene rings is 2. The van der Waals surface area contributed by atoms with E-state index in [9.17, 15) is 9.90 Å². The first-order chi connectivity index (χ1) is 16.5. The third kappa shape index (κ3) is 3.67. The van der Waals surface area contributed by atoms with Gasteiger partial charge in [-0.1, -0.05) is 29.8 Å². The van der Waals surface area contributed by atoms with E-state index in [1.54, 1.807) is 28.8 Å². The maximum absolute atomic E-state index is 11.8. The molecule has 0 amide bonds. The van der Waals surface area contributed by atoms with Crippen molar-refractivity contribution in [3.05, 3.63) is 70.4 Å². The van der Waals surface area contributed by atoms with Gasteiger partial charge >= 0.3 is 5.97 Å². The molecule has 0 fully saturated rings. The van der Waals surface area contributed by atoms with Crippen molar-refractivity contribution in [2.45, 2.75) is 20.4 Å². The van der Waals surface area contributed by atoms with Gasteiger partial charge in [0.15, 0.2) is 0 Å². The number of para-hydroxylation sites is 1. The van der Waals surface area contributed by atoms with Gasteiger partial charge in [0.1, 0.15) is 0 Å². The molecule has 5 aromatic rings. The molecule has 0 aliphatic carbocycles. The molecule has 0 spiro atoms. The Labute approximate surface area is 198 Å². The summed E-state index contributed by atoms with van der Waals surface area (Å²) in [6.07, 6.45) is 0. The van der Waals surface area contributed by atoms with Crippen LogP contribution in [0.5, 0.6) is 6.01 Å². The van der Waals surface area contributed by atoms with Crippen LogP contribution in [0.15, 0.2) is 48.5 Å². The summed E-state index contributed by atoms with van der Waals surface area (Å²) in [5.74, 6) is -0.578. The molecule has 172 valence electrons. The lowest BCUT2D eigenvalue weighted by Crippen LogP contribution is -2.08. The molecule has 3 heterocycles. The number of carboxylic acid groups (broad SMARTS) is 1. The fourth-order valence-corrected chi connectivity index (χ4v) is 4.19. The highest BCUT2D eigenvalue weighted by molar-refractivity contribution is 6.31. The van der Waals surface area contributed by atoms with Crippen molar-refractivity contribution in [3.63, 3.8) is 0 Å². The molecular formula is C23H20ClN7O3. The first-order valence-electron chi connectivity index (χ1n) is 10.5. The largest absolute Gasteiger partial charge is 0.478 e. The van der Waals surface area contributed by atoms with Crippen LogP contribution in [0, 0.1) is 6.92 Å². The lowest BCUT2D eigenvalue weighted by molar-refractivity contribution is 0.0698. The highest BCUT2D eigenvalue weighted by Crippen LogP contribution is 2.31. The average Bonchev–Trinajstić information content (AvgIpc) is 3.54. The molecule has 0 atom stereocenters. The van der Waals surface area contributed by atoms with Gasteiger partial charge in [0, 0.05) is 11.4 Å². The number of tetrazole rings is 1. The molecule has 10 nitrogen and oxygen atoms in total. The van der Waals surface area contributed by atoms with Gasteiger partial charge in [0.05, 0.1) is 40.5 Å². The number of rotatable bonds is 7. The number of carboxylic acids is 1. The number of aromatic amines is 1. The standard InChI is InChI=1S/C23H20ClN7O3/c1-3-34-23-25-18-6-4-5-16(22(32)33)20(18)30(23)12-14-7-9-15(10-8-14)31-13(2)17(24)11-19(31)21-26-28-29-27-21/h4-11H,3,12H2,1-2H3,(H,32,33)(H,26,27,28,29). The summed E-state index contributed by atoms with van der Waals surface area (Å²) < 4.78 is 9.46. The maximum Gasteiger partial charge on any atom is 0.337 e. The van der Waals surface area contributed by atoms with Crippen molar-refractivity contribution in [1.29, 1.82) is 0 Å². The number of H-pyrrole nitrogens is 1. The lowest BCUT2D eigenvalue weighted by Gasteiger charge is -2.13. The second-order valence-corrected chi connectivity index (χ2v) is 8.00. The number of aromatic carboxylic acids is 1. The number of nitrogens with one attached hydrogen (secondary N) is 1. The zero-order chi connectivity index (χ0) is 23.8. The molecule has 34 heavy (non-hydrogen) atoms. The molecule has 0 saturated heterocycles. The van der Waals surface area contributed by atoms with Gasteiger partial charge < -0.3 is 14.4 Å². The Morgan fingerprint density at radius 3 is 2.68 bits per heavy atom. The molecule has 0 bridgehead atoms. The van der Waals surface area contributed by atoms with E-state index in [-0.39, 0.29) is 5.56 Å². The molecule has 11 heteroatoms. The molecule has 2 N–H and O–H groups in total. The molecule has 0 unspecified atom stereocenters. The topological polar surface area (TPSA) is 124 Å². The minimum Gasteiger partial charge on any atom is -0.478 e. The number of nitrogens with zero attached hydrogens (tertiary/aromatic N) is 6. The zero-order valence-corrected chi connectivity index (χ0v) is 19.1. The Morgan fingerprint density at radius 1 is 1.21 bits per heavy atom. The molecule has 2 aromatic carbocycles. The zero-order valence-electron chi connectivity index (χ0n) is 18.4. The summed E-state index contributed by atoms with van der Waals surface area (Å²) in [6, 6.07) is 15.1. The highest BCUT2D eigenvalue weighted by atomic mass is 35.5. The molecule has 0 aliphatic heterocycles. The normalized spacial score (nSPS) is 11.3. The first kappa shape index (κ1) is 21.7. The summed E-state index contributed by atoms with van der Waals surface area (Å²) >= 11 is 6.39. The highest BCUT2D eigenvalue weighted by Gasteiger charge is 2.20. The van der Waals surface area contributed by atoms with Crippen LogP contribution < -0.4 is 4.74 Å². The van der Waals surface area contributed by atoms with E-state index in [2.05, 4.69) is 25.6 Å². The second kappa shape index (κ2) is 8.64. The van der Waals surface area contributed by atoms with Gasteiger partial charge in [0.25, 0.3) is 6.01 Å². The van der Waals surface area contributed by atoms with Crippen LogP contribution in [0.3, 0.4) is 0 Å². The second-order valence-electron chi connectivity index (χ2n) is 7.59. The quantitative estimate of drug-likeness (QED) is 0.361. The maximum atomic E-state index is 11.8. The van der Waals surface area contributed by atoms with Crippen molar-refractivity contribution in [3.8, 4) is 23.2 Å². The van der Waals surface area contributed by atoms with E-state index >= 15 is 0 Å². The minimum absolute atomic E-state index is 0.176. The summed E-state index contributed by atoms with van der Waals surface area (Å²) in [5, 5.41) is 24.5. The molecule has 5 rings (SSSR count). The van der Waals surface area contributed by atoms with Crippen molar-refractivity contribution in [1.82, 2.24) is 34.7 Å². The van der Waals surface area contributed by atoms with Gasteiger partial charge in [-0.05, 0) is 55.0 Å². The van der Waals surface area contributed by atoms with Gasteiger partial charge in [-0.3, -0.25) is 4.57 Å². The molecular weight excluding hydrogens is 458 g/mol. The smallest absolute Gasteiger partial charge is 0.337 e. The summed E-state index contributed by atoms with van der Waals surface area (Å²) in [5.41, 5.74) is 4.65. The van der Waals surface area contributed by atoms with Crippen LogP contribution in [-0.2, 0) is 6.54 Å². The van der Waals surface area contributed by atoms with Crippen molar-refractivity contribution < 1.29 is 14.6 Å². The third-order valence-electron chi connectivity index (χ3n) is 5.53. The molecule has 0 aliphatic rings. The van der Waals surface area contributed by atoms with E-state index in [4.69, 9.17) is 16.3 Å². The monoisotopic (exact) mass is 477 g/mol. The van der Waals surface area contributed by atoms with Crippen LogP contribution in [0.2, 0.25) is 5.02 Å². The van der Waals surface area contributed by atoms with E-state index < -0.39 is 5.97 Å². The SMILES string of the molecule is CCOc1nc2cccc(C(=O)O)c2n1Cc1ccc(-n2c(-c3nn[nH]n3)cc(Cl)c2C)cc1. The van der Waals surface area contributed by atoms with Gasteiger partial charge in [-0.15, -0.1) is 10.2 Å². The van der Waals surface area contributed by atoms with Crippen molar-refractivity contribution in [2.75, 3.05) is 6.61 Å². The fourth-order valence-electron chi connectivity index (χ4n) is 4.00. The number of carbonyl (C=O) groups is 1. The number of fused-ring (bicyclic) bond motifs is 1. The van der Waals surface area contributed by atoms with E-state index in [1.165, 1.54) is 0 Å². The number of ether oxygens (including phenoxy) is 1. The van der Waals surface area contributed by atoms with E-state index in [0.29, 0.717) is 46.7 Å². The predicted octanol–water partition coefficient (Wildman–Crippen LogP) is 4.11. The molecule has 0 saturated carbocycles. The Balaban J connectivity index is 1.55. The average molecular weight is 478 g/mol. The van der Waals surface area contributed by atoms with Crippen LogP contribution >= 0.6 is 11.6 Å². The van der Waals surface area contributed by atoms with E-state index in [1.807, 2.05) is 42.7 Å². The van der Waals surface area contributed by atoms with Crippen molar-refractivity contribution >= 4 is 28.6 Å². The predicted molar refractivity (Wildman–Crippen MR) is 126 cm³/mol. The lowest BCUT2D eigenvalue weighted by atomic mass is 10.1. The molecule has 3 aromatic heterocycles. The minimum atomic E-state index is -1.01. The van der Waals surface area contributed by atoms with Crippen LogP contribution in [0.1, 0.15) is 28.5 Å². The number of halogens is 1. The number of hydrogen-bond acceptors (Lipinski definition) is 6. The Morgan fingerprint density at radius 2 is 2.00 bits per heavy atom.